The predicted molar refractivity (Wildman–Crippen MR) is 88.7 cm³/mol. The third-order valence-corrected chi connectivity index (χ3v) is 3.67. The summed E-state index contributed by atoms with van der Waals surface area (Å²) < 4.78 is 5.77. The van der Waals surface area contributed by atoms with Gasteiger partial charge in [0.05, 0.1) is 6.54 Å². The Balaban J connectivity index is 1.58. The molecule has 0 aliphatic rings. The summed E-state index contributed by atoms with van der Waals surface area (Å²) in [7, 11) is 2.05. The SMILES string of the molecule is Cc1cccc(-c2nnc(CN(C)CCc3ccncc3)o2)c1. The normalized spacial score (nSPS) is 11.1. The van der Waals surface area contributed by atoms with E-state index in [9.17, 15) is 0 Å². The van der Waals surface area contributed by atoms with Gasteiger partial charge in [-0.3, -0.25) is 9.88 Å². The first-order valence-electron chi connectivity index (χ1n) is 7.67. The van der Waals surface area contributed by atoms with Crippen LogP contribution in [0.2, 0.25) is 0 Å². The number of pyridine rings is 1. The number of benzene rings is 1. The Morgan fingerprint density at radius 3 is 2.70 bits per heavy atom. The molecular weight excluding hydrogens is 288 g/mol. The summed E-state index contributed by atoms with van der Waals surface area (Å²) >= 11 is 0. The Morgan fingerprint density at radius 1 is 1.09 bits per heavy atom. The third kappa shape index (κ3) is 4.23. The molecule has 118 valence electrons. The molecule has 0 radical (unpaired) electrons. The van der Waals surface area contributed by atoms with Gasteiger partial charge in [0.1, 0.15) is 0 Å². The summed E-state index contributed by atoms with van der Waals surface area (Å²) in [5.74, 6) is 1.21. The van der Waals surface area contributed by atoms with Crippen molar-refractivity contribution in [3.63, 3.8) is 0 Å². The minimum absolute atomic E-state index is 0.575. The molecule has 23 heavy (non-hydrogen) atoms. The predicted octanol–water partition coefficient (Wildman–Crippen LogP) is 3.11. The molecule has 0 atom stereocenters. The smallest absolute Gasteiger partial charge is 0.247 e. The second-order valence-corrected chi connectivity index (χ2v) is 5.71. The summed E-state index contributed by atoms with van der Waals surface area (Å²) in [6.07, 6.45) is 4.61. The van der Waals surface area contributed by atoms with Crippen LogP contribution in [0.3, 0.4) is 0 Å². The Kier molecular flexibility index (Phi) is 4.78. The standard InChI is InChI=1S/C18H20N4O/c1-14-4-3-5-16(12-14)18-21-20-17(23-18)13-22(2)11-8-15-6-9-19-10-7-15/h3-7,9-10,12H,8,11,13H2,1-2H3. The fraction of sp³-hybridized carbons (Fsp3) is 0.278. The molecule has 0 aliphatic heterocycles. The van der Waals surface area contributed by atoms with Crippen molar-refractivity contribution in [2.24, 2.45) is 0 Å². The van der Waals surface area contributed by atoms with E-state index < -0.39 is 0 Å². The van der Waals surface area contributed by atoms with E-state index in [1.165, 1.54) is 11.1 Å². The topological polar surface area (TPSA) is 55.1 Å². The van der Waals surface area contributed by atoms with Crippen molar-refractivity contribution in [2.75, 3.05) is 13.6 Å². The van der Waals surface area contributed by atoms with Gasteiger partial charge in [-0.05, 0) is 50.2 Å². The molecule has 0 N–H and O–H groups in total. The van der Waals surface area contributed by atoms with Gasteiger partial charge in [0.15, 0.2) is 0 Å². The highest BCUT2D eigenvalue weighted by atomic mass is 16.4. The van der Waals surface area contributed by atoms with Crippen LogP contribution in [-0.2, 0) is 13.0 Å². The maximum atomic E-state index is 5.77. The number of rotatable bonds is 6. The van der Waals surface area contributed by atoms with Gasteiger partial charge in [0, 0.05) is 24.5 Å². The van der Waals surface area contributed by atoms with Crippen LogP contribution in [0.5, 0.6) is 0 Å². The molecule has 5 heteroatoms. The second-order valence-electron chi connectivity index (χ2n) is 5.71. The van der Waals surface area contributed by atoms with Crippen molar-refractivity contribution in [3.05, 3.63) is 65.8 Å². The highest BCUT2D eigenvalue weighted by Gasteiger charge is 2.10. The Hall–Kier alpha value is -2.53. The van der Waals surface area contributed by atoms with Gasteiger partial charge in [-0.25, -0.2) is 0 Å². The number of hydrogen-bond donors (Lipinski definition) is 0. The Labute approximate surface area is 136 Å². The van der Waals surface area contributed by atoms with Crippen molar-refractivity contribution in [1.82, 2.24) is 20.1 Å². The quantitative estimate of drug-likeness (QED) is 0.700. The van der Waals surface area contributed by atoms with E-state index in [2.05, 4.69) is 27.1 Å². The van der Waals surface area contributed by atoms with Gasteiger partial charge in [0.2, 0.25) is 11.8 Å². The average Bonchev–Trinajstić information content (AvgIpc) is 3.02. The van der Waals surface area contributed by atoms with Gasteiger partial charge in [-0.15, -0.1) is 10.2 Å². The molecule has 0 saturated heterocycles. The van der Waals surface area contributed by atoms with Crippen LogP contribution in [-0.4, -0.2) is 33.7 Å². The minimum atomic E-state index is 0.575. The van der Waals surface area contributed by atoms with Crippen molar-refractivity contribution >= 4 is 0 Å². The van der Waals surface area contributed by atoms with Crippen molar-refractivity contribution in [1.29, 1.82) is 0 Å². The summed E-state index contributed by atoms with van der Waals surface area (Å²) in [4.78, 5) is 6.21. The first-order valence-corrected chi connectivity index (χ1v) is 7.67. The van der Waals surface area contributed by atoms with E-state index in [-0.39, 0.29) is 0 Å². The molecule has 0 fully saturated rings. The molecular formula is C18H20N4O. The first kappa shape index (κ1) is 15.4. The largest absolute Gasteiger partial charge is 0.419 e. The molecule has 0 bridgehead atoms. The fourth-order valence-corrected chi connectivity index (χ4v) is 2.39. The van der Waals surface area contributed by atoms with Crippen LogP contribution in [0.25, 0.3) is 11.5 Å². The van der Waals surface area contributed by atoms with Crippen LogP contribution >= 0.6 is 0 Å². The number of nitrogens with zero attached hydrogens (tertiary/aromatic N) is 4. The Bertz CT molecular complexity index is 754. The molecule has 0 saturated carbocycles. The summed E-state index contributed by atoms with van der Waals surface area (Å²) in [6, 6.07) is 12.2. The average molecular weight is 308 g/mol. The third-order valence-electron chi connectivity index (χ3n) is 3.67. The van der Waals surface area contributed by atoms with Gasteiger partial charge < -0.3 is 4.42 Å². The second kappa shape index (κ2) is 7.15. The van der Waals surface area contributed by atoms with Crippen molar-refractivity contribution < 1.29 is 4.42 Å². The maximum absolute atomic E-state index is 5.77. The number of hydrogen-bond acceptors (Lipinski definition) is 5. The van der Waals surface area contributed by atoms with Gasteiger partial charge in [0.25, 0.3) is 0 Å². The molecule has 1 aromatic carbocycles. The van der Waals surface area contributed by atoms with Gasteiger partial charge in [-0.2, -0.15) is 0 Å². The lowest BCUT2D eigenvalue weighted by Gasteiger charge is -2.13. The zero-order valence-electron chi connectivity index (χ0n) is 13.4. The van der Waals surface area contributed by atoms with E-state index >= 15 is 0 Å². The molecule has 3 aromatic rings. The van der Waals surface area contributed by atoms with Crippen LogP contribution < -0.4 is 0 Å². The van der Waals surface area contributed by atoms with Crippen LogP contribution in [0.1, 0.15) is 17.0 Å². The first-order chi connectivity index (χ1) is 11.2. The van der Waals surface area contributed by atoms with E-state index in [4.69, 9.17) is 4.42 Å². The van der Waals surface area contributed by atoms with Gasteiger partial charge >= 0.3 is 0 Å². The van der Waals surface area contributed by atoms with E-state index in [1.54, 1.807) is 0 Å². The monoisotopic (exact) mass is 308 g/mol. The summed E-state index contributed by atoms with van der Waals surface area (Å²) in [5, 5.41) is 8.30. The van der Waals surface area contributed by atoms with Crippen LogP contribution in [0.4, 0.5) is 0 Å². The molecule has 0 unspecified atom stereocenters. The van der Waals surface area contributed by atoms with Crippen molar-refractivity contribution in [3.8, 4) is 11.5 Å². The van der Waals surface area contributed by atoms with Gasteiger partial charge in [-0.1, -0.05) is 17.7 Å². The molecule has 5 nitrogen and oxygen atoms in total. The van der Waals surface area contributed by atoms with Crippen molar-refractivity contribution in [2.45, 2.75) is 19.9 Å². The summed E-state index contributed by atoms with van der Waals surface area (Å²) in [5.41, 5.74) is 3.41. The Morgan fingerprint density at radius 2 is 1.91 bits per heavy atom. The minimum Gasteiger partial charge on any atom is -0.419 e. The van der Waals surface area contributed by atoms with E-state index in [0.29, 0.717) is 18.3 Å². The lowest BCUT2D eigenvalue weighted by molar-refractivity contribution is 0.293. The maximum Gasteiger partial charge on any atom is 0.247 e. The lowest BCUT2D eigenvalue weighted by Crippen LogP contribution is -2.20. The van der Waals surface area contributed by atoms with E-state index in [0.717, 1.165) is 18.5 Å². The highest BCUT2D eigenvalue weighted by Crippen LogP contribution is 2.19. The molecule has 2 heterocycles. The molecule has 0 aliphatic carbocycles. The number of aryl methyl sites for hydroxylation is 1. The fourth-order valence-electron chi connectivity index (χ4n) is 2.39. The number of aromatic nitrogens is 3. The molecule has 0 amide bonds. The number of likely N-dealkylation sites (N-methyl/N-ethyl adjacent to an activating group) is 1. The molecule has 2 aromatic heterocycles. The van der Waals surface area contributed by atoms with Crippen LogP contribution in [0.15, 0.2) is 53.2 Å². The molecule has 0 spiro atoms. The van der Waals surface area contributed by atoms with Crippen LogP contribution in [0, 0.1) is 6.92 Å². The zero-order chi connectivity index (χ0) is 16.1. The molecule has 3 rings (SSSR count). The van der Waals surface area contributed by atoms with E-state index in [1.807, 2.05) is 55.7 Å². The lowest BCUT2D eigenvalue weighted by atomic mass is 10.1. The summed E-state index contributed by atoms with van der Waals surface area (Å²) in [6.45, 7) is 3.61. The zero-order valence-corrected chi connectivity index (χ0v) is 13.4. The highest BCUT2D eigenvalue weighted by molar-refractivity contribution is 5.53.